The second kappa shape index (κ2) is 10.1. The Kier molecular flexibility index (Phi) is 7.33. The van der Waals surface area contributed by atoms with Crippen molar-refractivity contribution >= 4 is 11.6 Å². The standard InChI is InChI=1S/C23H29FN2O3/c1-3-28-21-11-9-18(17-22(21)29-4-2)10-12-23(27)26-15-13-25(14-16-26)20-8-6-5-7-19(20)24/h5-9,11,17H,3-4,10,12-16H2,1-2H3. The van der Waals surface area contributed by atoms with E-state index in [-0.39, 0.29) is 11.7 Å². The van der Waals surface area contributed by atoms with Crippen LogP contribution < -0.4 is 14.4 Å². The molecular weight excluding hydrogens is 371 g/mol. The van der Waals surface area contributed by atoms with Crippen LogP contribution in [0.25, 0.3) is 0 Å². The van der Waals surface area contributed by atoms with Crippen LogP contribution >= 0.6 is 0 Å². The van der Waals surface area contributed by atoms with E-state index in [1.54, 1.807) is 12.1 Å². The molecule has 0 radical (unpaired) electrons. The number of hydrogen-bond donors (Lipinski definition) is 0. The molecule has 0 aliphatic carbocycles. The molecule has 0 aromatic heterocycles. The highest BCUT2D eigenvalue weighted by molar-refractivity contribution is 5.77. The summed E-state index contributed by atoms with van der Waals surface area (Å²) in [5.74, 6) is 1.37. The summed E-state index contributed by atoms with van der Waals surface area (Å²) < 4.78 is 25.2. The topological polar surface area (TPSA) is 42.0 Å². The lowest BCUT2D eigenvalue weighted by molar-refractivity contribution is -0.131. The highest BCUT2D eigenvalue weighted by Crippen LogP contribution is 2.29. The number of para-hydroxylation sites is 1. The summed E-state index contributed by atoms with van der Waals surface area (Å²) in [5.41, 5.74) is 1.66. The minimum absolute atomic E-state index is 0.130. The lowest BCUT2D eigenvalue weighted by Gasteiger charge is -2.36. The zero-order valence-corrected chi connectivity index (χ0v) is 17.2. The molecule has 3 rings (SSSR count). The summed E-state index contributed by atoms with van der Waals surface area (Å²) in [7, 11) is 0. The van der Waals surface area contributed by atoms with E-state index in [1.165, 1.54) is 6.07 Å². The Balaban J connectivity index is 1.52. The molecule has 6 heteroatoms. The number of benzene rings is 2. The highest BCUT2D eigenvalue weighted by atomic mass is 19.1. The molecule has 2 aromatic rings. The van der Waals surface area contributed by atoms with E-state index >= 15 is 0 Å². The molecule has 0 N–H and O–H groups in total. The third-order valence-corrected chi connectivity index (χ3v) is 5.06. The molecule has 1 saturated heterocycles. The molecule has 1 aliphatic rings. The summed E-state index contributed by atoms with van der Waals surface area (Å²) in [4.78, 5) is 16.5. The van der Waals surface area contributed by atoms with Gasteiger partial charge in [0.15, 0.2) is 11.5 Å². The van der Waals surface area contributed by atoms with Crippen LogP contribution in [0.5, 0.6) is 11.5 Å². The van der Waals surface area contributed by atoms with Crippen LogP contribution in [-0.4, -0.2) is 50.2 Å². The van der Waals surface area contributed by atoms with E-state index in [9.17, 15) is 9.18 Å². The van der Waals surface area contributed by atoms with Gasteiger partial charge in [0.25, 0.3) is 0 Å². The molecule has 0 atom stereocenters. The Morgan fingerprint density at radius 1 is 0.966 bits per heavy atom. The van der Waals surface area contributed by atoms with Crippen molar-refractivity contribution in [3.63, 3.8) is 0 Å². The SMILES string of the molecule is CCOc1ccc(CCC(=O)N2CCN(c3ccccc3F)CC2)cc1OCC. The van der Waals surface area contributed by atoms with E-state index in [0.29, 0.717) is 57.9 Å². The monoisotopic (exact) mass is 400 g/mol. The van der Waals surface area contributed by atoms with E-state index < -0.39 is 0 Å². The van der Waals surface area contributed by atoms with Crippen LogP contribution in [0.3, 0.4) is 0 Å². The maximum atomic E-state index is 14.0. The zero-order chi connectivity index (χ0) is 20.6. The van der Waals surface area contributed by atoms with Crippen LogP contribution in [0.15, 0.2) is 42.5 Å². The number of rotatable bonds is 8. The number of amides is 1. The van der Waals surface area contributed by atoms with Crippen molar-refractivity contribution in [1.29, 1.82) is 0 Å². The van der Waals surface area contributed by atoms with Gasteiger partial charge in [-0.25, -0.2) is 4.39 Å². The first kappa shape index (κ1) is 21.0. The zero-order valence-electron chi connectivity index (χ0n) is 17.2. The van der Waals surface area contributed by atoms with Gasteiger partial charge in [0.05, 0.1) is 18.9 Å². The Bertz CT molecular complexity index is 820. The summed E-state index contributed by atoms with van der Waals surface area (Å²) in [6.07, 6.45) is 1.10. The van der Waals surface area contributed by atoms with Gasteiger partial charge < -0.3 is 19.3 Å². The van der Waals surface area contributed by atoms with Crippen LogP contribution in [0, 0.1) is 5.82 Å². The second-order valence-corrected chi connectivity index (χ2v) is 6.97. The van der Waals surface area contributed by atoms with E-state index in [1.807, 2.05) is 47.9 Å². The molecule has 29 heavy (non-hydrogen) atoms. The molecule has 0 bridgehead atoms. The molecule has 0 unspecified atom stereocenters. The average molecular weight is 400 g/mol. The van der Waals surface area contributed by atoms with Gasteiger partial charge in [-0.05, 0) is 50.1 Å². The maximum Gasteiger partial charge on any atom is 0.223 e. The molecule has 0 spiro atoms. The number of aryl methyl sites for hydroxylation is 1. The molecule has 0 saturated carbocycles. The molecular formula is C23H29FN2O3. The van der Waals surface area contributed by atoms with Gasteiger partial charge in [0, 0.05) is 32.6 Å². The summed E-state index contributed by atoms with van der Waals surface area (Å²) >= 11 is 0. The number of carbonyl (C=O) groups excluding carboxylic acids is 1. The Hall–Kier alpha value is -2.76. The number of hydrogen-bond acceptors (Lipinski definition) is 4. The minimum atomic E-state index is -0.215. The lowest BCUT2D eigenvalue weighted by atomic mass is 10.1. The first-order valence-electron chi connectivity index (χ1n) is 10.3. The average Bonchev–Trinajstić information content (AvgIpc) is 2.74. The molecule has 1 amide bonds. The third kappa shape index (κ3) is 5.40. The van der Waals surface area contributed by atoms with Crippen molar-refractivity contribution < 1.29 is 18.7 Å². The van der Waals surface area contributed by atoms with Crippen LogP contribution in [-0.2, 0) is 11.2 Å². The second-order valence-electron chi connectivity index (χ2n) is 6.97. The first-order chi connectivity index (χ1) is 14.1. The van der Waals surface area contributed by atoms with Gasteiger partial charge in [-0.1, -0.05) is 18.2 Å². The van der Waals surface area contributed by atoms with Crippen LogP contribution in [0.1, 0.15) is 25.8 Å². The summed E-state index contributed by atoms with van der Waals surface area (Å²) in [5, 5.41) is 0. The lowest BCUT2D eigenvalue weighted by Crippen LogP contribution is -2.49. The number of halogens is 1. The van der Waals surface area contributed by atoms with Crippen molar-refractivity contribution in [2.45, 2.75) is 26.7 Å². The van der Waals surface area contributed by atoms with Crippen molar-refractivity contribution in [1.82, 2.24) is 4.90 Å². The van der Waals surface area contributed by atoms with Gasteiger partial charge in [-0.2, -0.15) is 0 Å². The van der Waals surface area contributed by atoms with Gasteiger partial charge >= 0.3 is 0 Å². The quantitative estimate of drug-likeness (QED) is 0.674. The fourth-order valence-electron chi connectivity index (χ4n) is 3.57. The van der Waals surface area contributed by atoms with Gasteiger partial charge in [0.1, 0.15) is 5.82 Å². The van der Waals surface area contributed by atoms with Crippen LogP contribution in [0.2, 0.25) is 0 Å². The summed E-state index contributed by atoms with van der Waals surface area (Å²) in [6.45, 7) is 7.53. The fraction of sp³-hybridized carbons (Fsp3) is 0.435. The number of carbonyl (C=O) groups is 1. The van der Waals surface area contributed by atoms with Crippen molar-refractivity contribution in [3.8, 4) is 11.5 Å². The van der Waals surface area contributed by atoms with Gasteiger partial charge in [0.2, 0.25) is 5.91 Å². The predicted molar refractivity (Wildman–Crippen MR) is 112 cm³/mol. The number of ether oxygens (including phenoxy) is 2. The highest BCUT2D eigenvalue weighted by Gasteiger charge is 2.22. The molecule has 1 aliphatic heterocycles. The molecule has 156 valence electrons. The van der Waals surface area contributed by atoms with Crippen molar-refractivity contribution in [2.24, 2.45) is 0 Å². The Labute approximate surface area is 172 Å². The number of piperazine rings is 1. The number of anilines is 1. The minimum Gasteiger partial charge on any atom is -0.490 e. The van der Waals surface area contributed by atoms with E-state index in [4.69, 9.17) is 9.47 Å². The smallest absolute Gasteiger partial charge is 0.223 e. The third-order valence-electron chi connectivity index (χ3n) is 5.06. The van der Waals surface area contributed by atoms with Gasteiger partial charge in [-0.3, -0.25) is 4.79 Å². The fourth-order valence-corrected chi connectivity index (χ4v) is 3.57. The molecule has 1 fully saturated rings. The van der Waals surface area contributed by atoms with Gasteiger partial charge in [-0.15, -0.1) is 0 Å². The number of nitrogens with zero attached hydrogens (tertiary/aromatic N) is 2. The molecule has 5 nitrogen and oxygen atoms in total. The van der Waals surface area contributed by atoms with E-state index in [2.05, 4.69) is 0 Å². The molecule has 1 heterocycles. The first-order valence-corrected chi connectivity index (χ1v) is 10.3. The normalized spacial score (nSPS) is 14.0. The Morgan fingerprint density at radius 3 is 2.34 bits per heavy atom. The Morgan fingerprint density at radius 2 is 1.66 bits per heavy atom. The predicted octanol–water partition coefficient (Wildman–Crippen LogP) is 3.90. The largest absolute Gasteiger partial charge is 0.490 e. The van der Waals surface area contributed by atoms with Crippen molar-refractivity contribution in [2.75, 3.05) is 44.3 Å². The van der Waals surface area contributed by atoms with Crippen LogP contribution in [0.4, 0.5) is 10.1 Å². The maximum absolute atomic E-state index is 14.0. The van der Waals surface area contributed by atoms with Crippen molar-refractivity contribution in [3.05, 3.63) is 53.8 Å². The van der Waals surface area contributed by atoms with E-state index in [0.717, 1.165) is 17.1 Å². The summed E-state index contributed by atoms with van der Waals surface area (Å²) in [6, 6.07) is 12.6. The molecule has 2 aromatic carbocycles.